The Balaban J connectivity index is 3.96. The van der Waals surface area contributed by atoms with E-state index in [9.17, 15) is 9.59 Å². The molecule has 0 saturated carbocycles. The predicted molar refractivity (Wildman–Crippen MR) is 147 cm³/mol. The van der Waals surface area contributed by atoms with E-state index in [4.69, 9.17) is 22.1 Å². The van der Waals surface area contributed by atoms with Gasteiger partial charge in [0, 0.05) is 52.0 Å². The van der Waals surface area contributed by atoms with Crippen LogP contribution in [-0.4, -0.2) is 80.1 Å². The van der Waals surface area contributed by atoms with Crippen LogP contribution < -0.4 is 5.32 Å². The quantitative estimate of drug-likeness (QED) is 0.102. The van der Waals surface area contributed by atoms with Gasteiger partial charge in [-0.3, -0.25) is 9.59 Å². The number of unbranched alkanes of at least 4 members (excludes halogenated alkanes) is 1. The number of carbonyl (C=O) groups excluding carboxylic acids is 2. The molecule has 0 saturated heterocycles. The smallest absolute Gasteiger partial charge is 0.395 e. The van der Waals surface area contributed by atoms with Gasteiger partial charge in [-0.25, -0.2) is 0 Å². The van der Waals surface area contributed by atoms with Gasteiger partial charge in [0.05, 0.1) is 11.5 Å². The Morgan fingerprint density at radius 3 is 1.76 bits per heavy atom. The van der Waals surface area contributed by atoms with Crippen molar-refractivity contribution in [2.75, 3.05) is 51.1 Å². The fourth-order valence-corrected chi connectivity index (χ4v) is 10.4. The number of amides is 1. The third kappa shape index (κ3) is 16.7. The van der Waals surface area contributed by atoms with Crippen LogP contribution in [0.3, 0.4) is 0 Å². The number of rotatable bonds is 24. The fourth-order valence-electron chi connectivity index (χ4n) is 3.42. The van der Waals surface area contributed by atoms with Gasteiger partial charge in [0.1, 0.15) is 5.78 Å². The number of hydrogen-bond donors (Lipinski definition) is 1. The zero-order chi connectivity index (χ0) is 25.7. The SMILES string of the molecule is CCO[Si](C)(CCCNC(=O)CSSCC(=O)CCCC[Si](OCC)(OCC)OCC)OCC. The maximum absolute atomic E-state index is 12.2. The molecule has 0 bridgehead atoms. The Kier molecular flexibility index (Phi) is 21.2. The summed E-state index contributed by atoms with van der Waals surface area (Å²) in [6.07, 6.45) is 2.99. The summed E-state index contributed by atoms with van der Waals surface area (Å²) in [7, 11) is -1.88. The number of hydrogen-bond acceptors (Lipinski definition) is 9. The minimum absolute atomic E-state index is 0.00907. The molecule has 1 N–H and O–H groups in total. The van der Waals surface area contributed by atoms with Crippen molar-refractivity contribution in [2.24, 2.45) is 0 Å². The molecule has 0 aliphatic heterocycles. The molecule has 8 nitrogen and oxygen atoms in total. The van der Waals surface area contributed by atoms with E-state index in [2.05, 4.69) is 11.9 Å². The van der Waals surface area contributed by atoms with Gasteiger partial charge in [-0.15, -0.1) is 0 Å². The van der Waals surface area contributed by atoms with E-state index in [1.807, 2.05) is 34.6 Å². The highest BCUT2D eigenvalue weighted by Crippen LogP contribution is 2.23. The molecule has 0 heterocycles. The van der Waals surface area contributed by atoms with Gasteiger partial charge < -0.3 is 27.4 Å². The highest BCUT2D eigenvalue weighted by atomic mass is 33.1. The van der Waals surface area contributed by atoms with Gasteiger partial charge in [-0.1, -0.05) is 21.6 Å². The standard InChI is InChI=1S/C22H47NO7S2Si2/c1-7-26-33(6,27-8-2)17-14-16-23-22(25)20-32-31-19-21(24)15-12-13-18-34(28-9-3,29-10-4)30-11-5/h7-20H2,1-6H3,(H,23,25). The van der Waals surface area contributed by atoms with Crippen molar-refractivity contribution >= 4 is 50.6 Å². The molecule has 0 unspecified atom stereocenters. The van der Waals surface area contributed by atoms with Crippen molar-refractivity contribution in [1.29, 1.82) is 0 Å². The molecule has 34 heavy (non-hydrogen) atoms. The summed E-state index contributed by atoms with van der Waals surface area (Å²) in [5.41, 5.74) is 0. The molecule has 0 spiro atoms. The maximum Gasteiger partial charge on any atom is 0.500 e. The van der Waals surface area contributed by atoms with Gasteiger partial charge in [0.15, 0.2) is 0 Å². The van der Waals surface area contributed by atoms with Crippen LogP contribution in [0.1, 0.15) is 60.3 Å². The van der Waals surface area contributed by atoms with E-state index in [0.717, 1.165) is 31.4 Å². The minimum Gasteiger partial charge on any atom is -0.395 e. The van der Waals surface area contributed by atoms with Crippen LogP contribution >= 0.6 is 21.6 Å². The van der Waals surface area contributed by atoms with E-state index in [0.29, 0.717) is 57.5 Å². The second kappa shape index (κ2) is 21.2. The van der Waals surface area contributed by atoms with Crippen molar-refractivity contribution < 1.29 is 31.7 Å². The van der Waals surface area contributed by atoms with Gasteiger partial charge in [-0.05, 0) is 66.5 Å². The lowest BCUT2D eigenvalue weighted by Crippen LogP contribution is -2.45. The largest absolute Gasteiger partial charge is 0.500 e. The minimum atomic E-state index is -2.62. The first-order valence-electron chi connectivity index (χ1n) is 12.5. The second-order valence-electron chi connectivity index (χ2n) is 7.71. The Morgan fingerprint density at radius 1 is 0.706 bits per heavy atom. The topological polar surface area (TPSA) is 92.3 Å². The summed E-state index contributed by atoms with van der Waals surface area (Å²) in [5.74, 6) is 0.945. The predicted octanol–water partition coefficient (Wildman–Crippen LogP) is 4.81. The third-order valence-electron chi connectivity index (χ3n) is 4.80. The monoisotopic (exact) mass is 557 g/mol. The molecule has 1 amide bonds. The molecule has 202 valence electrons. The van der Waals surface area contributed by atoms with Crippen molar-refractivity contribution in [2.45, 2.75) is 78.9 Å². The summed E-state index contributed by atoms with van der Waals surface area (Å²) in [6.45, 7) is 15.5. The summed E-state index contributed by atoms with van der Waals surface area (Å²) in [5, 5.41) is 2.94. The van der Waals surface area contributed by atoms with Crippen LogP contribution in [-0.2, 0) is 31.7 Å². The zero-order valence-electron chi connectivity index (χ0n) is 22.1. The highest BCUT2D eigenvalue weighted by Gasteiger charge is 2.39. The lowest BCUT2D eigenvalue weighted by molar-refractivity contribution is -0.118. The first-order chi connectivity index (χ1) is 16.3. The Hall–Kier alpha value is 0.0738. The molecule has 0 aliphatic rings. The number of Topliss-reactive ketones (excluding diaryl/α,β-unsaturated/α-hetero) is 1. The molecular formula is C22H47NO7S2Si2. The average molecular weight is 558 g/mol. The fraction of sp³-hybridized carbons (Fsp3) is 0.909. The zero-order valence-corrected chi connectivity index (χ0v) is 25.7. The van der Waals surface area contributed by atoms with Crippen LogP contribution in [0.5, 0.6) is 0 Å². The van der Waals surface area contributed by atoms with Crippen LogP contribution in [0, 0.1) is 0 Å². The molecule has 0 aromatic rings. The molecular weight excluding hydrogens is 511 g/mol. The first-order valence-corrected chi connectivity index (χ1v) is 19.5. The van der Waals surface area contributed by atoms with Crippen LogP contribution in [0.4, 0.5) is 0 Å². The molecule has 0 fully saturated rings. The lowest BCUT2D eigenvalue weighted by atomic mass is 10.2. The van der Waals surface area contributed by atoms with Gasteiger partial charge in [0.25, 0.3) is 0 Å². The van der Waals surface area contributed by atoms with Crippen molar-refractivity contribution in [1.82, 2.24) is 5.32 Å². The normalized spacial score (nSPS) is 12.2. The summed E-state index contributed by atoms with van der Waals surface area (Å²) >= 11 is 0. The molecule has 0 rings (SSSR count). The van der Waals surface area contributed by atoms with Crippen molar-refractivity contribution in [3.8, 4) is 0 Å². The molecule has 0 radical (unpaired) electrons. The molecule has 0 aromatic carbocycles. The van der Waals surface area contributed by atoms with E-state index in [1.54, 1.807) is 0 Å². The Morgan fingerprint density at radius 2 is 1.24 bits per heavy atom. The molecule has 0 aliphatic carbocycles. The van der Waals surface area contributed by atoms with Gasteiger partial charge in [0.2, 0.25) is 5.91 Å². The first kappa shape index (κ1) is 34.1. The Labute approximate surface area is 217 Å². The number of ketones is 1. The van der Waals surface area contributed by atoms with Gasteiger partial charge >= 0.3 is 17.4 Å². The number of carbonyl (C=O) groups is 2. The molecule has 0 atom stereocenters. The van der Waals surface area contributed by atoms with E-state index >= 15 is 0 Å². The summed E-state index contributed by atoms with van der Waals surface area (Å²) in [6, 6.07) is 1.59. The maximum atomic E-state index is 12.2. The van der Waals surface area contributed by atoms with Crippen LogP contribution in [0.25, 0.3) is 0 Å². The highest BCUT2D eigenvalue weighted by molar-refractivity contribution is 8.77. The Bertz CT molecular complexity index is 524. The molecule has 12 heteroatoms. The third-order valence-corrected chi connectivity index (χ3v) is 13.2. The second-order valence-corrected chi connectivity index (χ2v) is 16.2. The van der Waals surface area contributed by atoms with Crippen molar-refractivity contribution in [3.63, 3.8) is 0 Å². The van der Waals surface area contributed by atoms with Gasteiger partial charge in [-0.2, -0.15) is 0 Å². The lowest BCUT2D eigenvalue weighted by Gasteiger charge is -2.28. The van der Waals surface area contributed by atoms with Crippen LogP contribution in [0.15, 0.2) is 0 Å². The summed E-state index contributed by atoms with van der Waals surface area (Å²) in [4.78, 5) is 24.2. The summed E-state index contributed by atoms with van der Waals surface area (Å²) < 4.78 is 29.2. The van der Waals surface area contributed by atoms with E-state index in [-0.39, 0.29) is 11.7 Å². The molecule has 0 aromatic heterocycles. The van der Waals surface area contributed by atoms with Crippen molar-refractivity contribution in [3.05, 3.63) is 0 Å². The van der Waals surface area contributed by atoms with E-state index < -0.39 is 17.4 Å². The number of nitrogens with one attached hydrogen (secondary N) is 1. The average Bonchev–Trinajstić information content (AvgIpc) is 2.78. The van der Waals surface area contributed by atoms with Crippen LogP contribution in [0.2, 0.25) is 18.6 Å². The van der Waals surface area contributed by atoms with E-state index in [1.165, 1.54) is 21.6 Å².